The van der Waals surface area contributed by atoms with Crippen molar-refractivity contribution >= 4 is 34.1 Å². The van der Waals surface area contributed by atoms with E-state index < -0.39 is 0 Å². The van der Waals surface area contributed by atoms with Gasteiger partial charge in [0.15, 0.2) is 0 Å². The Bertz CT molecular complexity index is 1100. The van der Waals surface area contributed by atoms with E-state index in [2.05, 4.69) is 89.6 Å². The molecule has 4 aromatic rings. The van der Waals surface area contributed by atoms with Gasteiger partial charge in [0.1, 0.15) is 5.69 Å². The fourth-order valence-corrected chi connectivity index (χ4v) is 3.19. The number of nitrogens with two attached hydrogens (primary N) is 1. The number of aryl methyl sites for hydroxylation is 2. The third kappa shape index (κ3) is 4.39. The van der Waals surface area contributed by atoms with Gasteiger partial charge in [0.2, 0.25) is 0 Å². The highest BCUT2D eigenvalue weighted by molar-refractivity contribution is 5.77. The first-order chi connectivity index (χ1) is 14.6. The maximum atomic E-state index is 5.94. The molecule has 0 heterocycles. The number of anilines is 4. The van der Waals surface area contributed by atoms with E-state index in [4.69, 9.17) is 5.73 Å². The van der Waals surface area contributed by atoms with Crippen LogP contribution in [0.3, 0.4) is 0 Å². The van der Waals surface area contributed by atoms with Gasteiger partial charge in [-0.2, -0.15) is 5.11 Å². The third-order valence-electron chi connectivity index (χ3n) is 4.90. The molecular weight excluding hydrogens is 368 g/mol. The number of rotatable bonds is 5. The molecular formula is C26H24N4. The van der Waals surface area contributed by atoms with Crippen molar-refractivity contribution in [2.45, 2.75) is 13.8 Å². The standard InChI is InChI=1S/C26H24N4/c1-19-7-13-22(14-8-19)30(23-15-9-20(2)10-16-23)24-17-11-21(12-18-24)28-29-26-6-4-3-5-25(26)27/h3-18H,27H2,1-2H3. The summed E-state index contributed by atoms with van der Waals surface area (Å²) in [7, 11) is 0. The van der Waals surface area contributed by atoms with Crippen LogP contribution in [0.4, 0.5) is 34.1 Å². The molecule has 0 amide bonds. The summed E-state index contributed by atoms with van der Waals surface area (Å²) in [5.41, 5.74) is 13.7. The molecule has 4 rings (SSSR count). The summed E-state index contributed by atoms with van der Waals surface area (Å²) >= 11 is 0. The van der Waals surface area contributed by atoms with E-state index >= 15 is 0 Å². The molecule has 30 heavy (non-hydrogen) atoms. The Kier molecular flexibility index (Phi) is 5.57. The summed E-state index contributed by atoms with van der Waals surface area (Å²) in [6, 6.07) is 32.6. The molecule has 0 unspecified atom stereocenters. The summed E-state index contributed by atoms with van der Waals surface area (Å²) in [5.74, 6) is 0. The van der Waals surface area contributed by atoms with E-state index in [0.717, 1.165) is 22.7 Å². The molecule has 4 heteroatoms. The Balaban J connectivity index is 1.66. The lowest BCUT2D eigenvalue weighted by Gasteiger charge is -2.25. The molecule has 2 N–H and O–H groups in total. The minimum absolute atomic E-state index is 0.614. The number of nitrogens with zero attached hydrogens (tertiary/aromatic N) is 3. The number of hydrogen-bond acceptors (Lipinski definition) is 4. The van der Waals surface area contributed by atoms with Crippen LogP contribution < -0.4 is 10.6 Å². The van der Waals surface area contributed by atoms with Crippen molar-refractivity contribution < 1.29 is 0 Å². The quantitative estimate of drug-likeness (QED) is 0.278. The maximum absolute atomic E-state index is 5.94. The van der Waals surface area contributed by atoms with E-state index in [1.807, 2.05) is 36.4 Å². The average Bonchev–Trinajstić information content (AvgIpc) is 2.77. The van der Waals surface area contributed by atoms with Gasteiger partial charge in [0, 0.05) is 17.1 Å². The predicted molar refractivity (Wildman–Crippen MR) is 126 cm³/mol. The smallest absolute Gasteiger partial charge is 0.109 e. The van der Waals surface area contributed by atoms with Gasteiger partial charge in [0.25, 0.3) is 0 Å². The third-order valence-corrected chi connectivity index (χ3v) is 4.90. The number of hydrogen-bond donors (Lipinski definition) is 1. The zero-order valence-corrected chi connectivity index (χ0v) is 17.2. The van der Waals surface area contributed by atoms with E-state index in [9.17, 15) is 0 Å². The van der Waals surface area contributed by atoms with Crippen molar-refractivity contribution in [3.05, 3.63) is 108 Å². The molecule has 0 aliphatic carbocycles. The highest BCUT2D eigenvalue weighted by Gasteiger charge is 2.12. The van der Waals surface area contributed by atoms with Crippen LogP contribution in [0.15, 0.2) is 107 Å². The van der Waals surface area contributed by atoms with Crippen LogP contribution in [0, 0.1) is 13.8 Å². The van der Waals surface area contributed by atoms with Crippen molar-refractivity contribution in [3.63, 3.8) is 0 Å². The number of benzene rings is 4. The normalized spacial score (nSPS) is 11.0. The van der Waals surface area contributed by atoms with Gasteiger partial charge in [-0.25, -0.2) is 0 Å². The van der Waals surface area contributed by atoms with E-state index in [-0.39, 0.29) is 0 Å². The Morgan fingerprint density at radius 2 is 1.03 bits per heavy atom. The highest BCUT2D eigenvalue weighted by atomic mass is 15.1. The predicted octanol–water partition coefficient (Wildman–Crippen LogP) is 7.77. The van der Waals surface area contributed by atoms with Crippen molar-refractivity contribution in [3.8, 4) is 0 Å². The summed E-state index contributed by atoms with van der Waals surface area (Å²) in [5, 5.41) is 8.61. The molecule has 0 saturated carbocycles. The van der Waals surface area contributed by atoms with Crippen LogP contribution in [-0.4, -0.2) is 0 Å². The second-order valence-corrected chi connectivity index (χ2v) is 7.28. The minimum atomic E-state index is 0.614. The van der Waals surface area contributed by atoms with Crippen LogP contribution in [0.5, 0.6) is 0 Å². The van der Waals surface area contributed by atoms with E-state index in [0.29, 0.717) is 11.4 Å². The zero-order valence-electron chi connectivity index (χ0n) is 17.2. The Labute approximate surface area is 177 Å². The summed E-state index contributed by atoms with van der Waals surface area (Å²) in [4.78, 5) is 2.23. The number of nitrogen functional groups attached to an aromatic ring is 1. The van der Waals surface area contributed by atoms with Crippen molar-refractivity contribution in [2.24, 2.45) is 10.2 Å². The lowest BCUT2D eigenvalue weighted by molar-refractivity contribution is 1.22. The minimum Gasteiger partial charge on any atom is -0.397 e. The monoisotopic (exact) mass is 392 g/mol. The second-order valence-electron chi connectivity index (χ2n) is 7.28. The summed E-state index contributed by atoms with van der Waals surface area (Å²) in [6.45, 7) is 4.19. The Morgan fingerprint density at radius 3 is 1.53 bits per heavy atom. The summed E-state index contributed by atoms with van der Waals surface area (Å²) < 4.78 is 0. The molecule has 0 aliphatic rings. The first-order valence-electron chi connectivity index (χ1n) is 9.90. The van der Waals surface area contributed by atoms with Crippen molar-refractivity contribution in [1.29, 1.82) is 0 Å². The van der Waals surface area contributed by atoms with Crippen molar-refractivity contribution in [1.82, 2.24) is 0 Å². The molecule has 0 spiro atoms. The molecule has 0 radical (unpaired) electrons. The molecule has 0 aromatic heterocycles. The van der Waals surface area contributed by atoms with Crippen LogP contribution >= 0.6 is 0 Å². The van der Waals surface area contributed by atoms with Gasteiger partial charge < -0.3 is 10.6 Å². The average molecular weight is 393 g/mol. The van der Waals surface area contributed by atoms with Gasteiger partial charge in [-0.05, 0) is 74.5 Å². The number of para-hydroxylation sites is 1. The zero-order chi connectivity index (χ0) is 20.9. The molecule has 0 atom stereocenters. The van der Waals surface area contributed by atoms with Gasteiger partial charge >= 0.3 is 0 Å². The molecule has 0 bridgehead atoms. The lowest BCUT2D eigenvalue weighted by atomic mass is 10.1. The molecule has 0 aliphatic heterocycles. The maximum Gasteiger partial charge on any atom is 0.109 e. The van der Waals surface area contributed by atoms with Gasteiger partial charge in [-0.3, -0.25) is 0 Å². The van der Waals surface area contributed by atoms with Gasteiger partial charge in [-0.1, -0.05) is 47.5 Å². The molecule has 4 aromatic carbocycles. The lowest BCUT2D eigenvalue weighted by Crippen LogP contribution is -2.09. The highest BCUT2D eigenvalue weighted by Crippen LogP contribution is 2.35. The second kappa shape index (κ2) is 8.62. The number of azo groups is 1. The Morgan fingerprint density at radius 1 is 0.567 bits per heavy atom. The largest absolute Gasteiger partial charge is 0.397 e. The fourth-order valence-electron chi connectivity index (χ4n) is 3.19. The van der Waals surface area contributed by atoms with Gasteiger partial charge in [-0.15, -0.1) is 5.11 Å². The van der Waals surface area contributed by atoms with Crippen molar-refractivity contribution in [2.75, 3.05) is 10.6 Å². The molecule has 4 nitrogen and oxygen atoms in total. The van der Waals surface area contributed by atoms with Crippen LogP contribution in [0.2, 0.25) is 0 Å². The molecule has 148 valence electrons. The van der Waals surface area contributed by atoms with E-state index in [1.165, 1.54) is 11.1 Å². The first kappa shape index (κ1) is 19.4. The summed E-state index contributed by atoms with van der Waals surface area (Å²) in [6.07, 6.45) is 0. The van der Waals surface area contributed by atoms with Gasteiger partial charge in [0.05, 0.1) is 11.4 Å². The van der Waals surface area contributed by atoms with Crippen LogP contribution in [0.25, 0.3) is 0 Å². The molecule has 0 saturated heterocycles. The first-order valence-corrected chi connectivity index (χ1v) is 9.90. The van der Waals surface area contributed by atoms with E-state index in [1.54, 1.807) is 0 Å². The SMILES string of the molecule is Cc1ccc(N(c2ccc(C)cc2)c2ccc(N=Nc3ccccc3N)cc2)cc1. The fraction of sp³-hybridized carbons (Fsp3) is 0.0769. The molecule has 0 fully saturated rings. The van der Waals surface area contributed by atoms with Crippen LogP contribution in [0.1, 0.15) is 11.1 Å². The topological polar surface area (TPSA) is 54.0 Å². The van der Waals surface area contributed by atoms with Crippen LogP contribution in [-0.2, 0) is 0 Å². The Hall–Kier alpha value is -3.92.